The Morgan fingerprint density at radius 3 is 2.43 bits per heavy atom. The molecular formula is C18H27NO3S. The van der Waals surface area contributed by atoms with Crippen molar-refractivity contribution in [3.8, 4) is 0 Å². The molecule has 0 aliphatic carbocycles. The first-order valence-corrected chi connectivity index (χ1v) is 9.96. The van der Waals surface area contributed by atoms with Gasteiger partial charge in [-0.15, -0.1) is 0 Å². The van der Waals surface area contributed by atoms with Crippen LogP contribution in [0.15, 0.2) is 24.3 Å². The quantitative estimate of drug-likeness (QED) is 0.849. The molecule has 0 radical (unpaired) electrons. The number of sulfone groups is 1. The van der Waals surface area contributed by atoms with Crippen molar-refractivity contribution < 1.29 is 13.2 Å². The van der Waals surface area contributed by atoms with Gasteiger partial charge in [0.1, 0.15) is 5.25 Å². The molecule has 3 atom stereocenters. The molecule has 23 heavy (non-hydrogen) atoms. The van der Waals surface area contributed by atoms with Gasteiger partial charge in [-0.1, -0.05) is 43.7 Å². The fraction of sp³-hybridized carbons (Fsp3) is 0.611. The Morgan fingerprint density at radius 1 is 1.26 bits per heavy atom. The van der Waals surface area contributed by atoms with Crippen molar-refractivity contribution in [1.29, 1.82) is 0 Å². The van der Waals surface area contributed by atoms with Crippen LogP contribution in [0.4, 0.5) is 0 Å². The summed E-state index contributed by atoms with van der Waals surface area (Å²) in [5.41, 5.74) is 1.76. The van der Waals surface area contributed by atoms with Gasteiger partial charge in [0.05, 0.1) is 5.75 Å². The molecule has 1 aliphatic heterocycles. The molecule has 1 aliphatic rings. The van der Waals surface area contributed by atoms with Crippen molar-refractivity contribution in [2.75, 3.05) is 13.1 Å². The van der Waals surface area contributed by atoms with Gasteiger partial charge in [-0.05, 0) is 37.7 Å². The highest BCUT2D eigenvalue weighted by atomic mass is 32.2. The highest BCUT2D eigenvalue weighted by molar-refractivity contribution is 7.92. The van der Waals surface area contributed by atoms with E-state index >= 15 is 0 Å². The number of amides is 1. The van der Waals surface area contributed by atoms with Crippen molar-refractivity contribution in [2.24, 2.45) is 11.8 Å². The zero-order valence-electron chi connectivity index (χ0n) is 14.5. The van der Waals surface area contributed by atoms with Crippen molar-refractivity contribution in [1.82, 2.24) is 4.90 Å². The van der Waals surface area contributed by atoms with Gasteiger partial charge in [-0.2, -0.15) is 0 Å². The summed E-state index contributed by atoms with van der Waals surface area (Å²) in [4.78, 5) is 14.4. The number of rotatable bonds is 4. The summed E-state index contributed by atoms with van der Waals surface area (Å²) in [5, 5.41) is -0.986. The highest BCUT2D eigenvalue weighted by Gasteiger charge is 2.34. The van der Waals surface area contributed by atoms with E-state index < -0.39 is 15.1 Å². The standard InChI is InChI=1S/C18H27NO3S/c1-13-6-5-7-17(9-13)12-23(21,22)16(4)18(20)19-10-14(2)8-15(3)11-19/h5-7,9,14-16H,8,10-12H2,1-4H3/t14-,15+,16-/m1/s1. The third kappa shape index (κ3) is 4.56. The van der Waals surface area contributed by atoms with E-state index in [0.717, 1.165) is 17.5 Å². The molecule has 1 amide bonds. The topological polar surface area (TPSA) is 54.5 Å². The number of nitrogens with zero attached hydrogens (tertiary/aromatic N) is 1. The Balaban J connectivity index is 2.11. The summed E-state index contributed by atoms with van der Waals surface area (Å²) in [6, 6.07) is 7.44. The maximum absolute atomic E-state index is 12.6. The molecule has 128 valence electrons. The van der Waals surface area contributed by atoms with Crippen LogP contribution in [0.5, 0.6) is 0 Å². The number of carbonyl (C=O) groups is 1. The molecule has 1 aromatic carbocycles. The Morgan fingerprint density at radius 2 is 1.87 bits per heavy atom. The monoisotopic (exact) mass is 337 g/mol. The van der Waals surface area contributed by atoms with E-state index in [4.69, 9.17) is 0 Å². The zero-order chi connectivity index (χ0) is 17.2. The van der Waals surface area contributed by atoms with Crippen LogP contribution in [0.3, 0.4) is 0 Å². The number of piperidine rings is 1. The van der Waals surface area contributed by atoms with Crippen LogP contribution in [0.25, 0.3) is 0 Å². The van der Waals surface area contributed by atoms with Gasteiger partial charge in [-0.25, -0.2) is 8.42 Å². The summed E-state index contributed by atoms with van der Waals surface area (Å²) in [6.45, 7) is 9.00. The largest absolute Gasteiger partial charge is 0.341 e. The van der Waals surface area contributed by atoms with E-state index in [0.29, 0.717) is 24.9 Å². The number of benzene rings is 1. The molecule has 0 saturated carbocycles. The van der Waals surface area contributed by atoms with E-state index in [1.165, 1.54) is 6.92 Å². The van der Waals surface area contributed by atoms with Crippen LogP contribution in [0.2, 0.25) is 0 Å². The lowest BCUT2D eigenvalue weighted by Gasteiger charge is -2.36. The Kier molecular flexibility index (Phi) is 5.50. The van der Waals surface area contributed by atoms with Crippen molar-refractivity contribution in [3.63, 3.8) is 0 Å². The normalized spacial score (nSPS) is 23.6. The minimum atomic E-state index is -3.50. The fourth-order valence-electron chi connectivity index (χ4n) is 3.41. The minimum Gasteiger partial charge on any atom is -0.341 e. The average molecular weight is 337 g/mol. The van der Waals surface area contributed by atoms with Crippen molar-refractivity contribution in [2.45, 2.75) is 45.1 Å². The summed E-state index contributed by atoms with van der Waals surface area (Å²) in [7, 11) is -3.50. The third-order valence-electron chi connectivity index (χ3n) is 4.52. The first kappa shape index (κ1) is 18.0. The highest BCUT2D eigenvalue weighted by Crippen LogP contribution is 2.23. The molecule has 5 heteroatoms. The summed E-state index contributed by atoms with van der Waals surface area (Å²) < 4.78 is 25.2. The smallest absolute Gasteiger partial charge is 0.240 e. The summed E-state index contributed by atoms with van der Waals surface area (Å²) >= 11 is 0. The Bertz CT molecular complexity index is 659. The molecule has 0 N–H and O–H groups in total. The molecule has 0 bridgehead atoms. The second-order valence-electron chi connectivity index (χ2n) is 7.13. The predicted octanol–water partition coefficient (Wildman–Crippen LogP) is 2.80. The Hall–Kier alpha value is -1.36. The van der Waals surface area contributed by atoms with Gasteiger partial charge in [0.15, 0.2) is 9.84 Å². The van der Waals surface area contributed by atoms with Crippen LogP contribution in [-0.4, -0.2) is 37.6 Å². The van der Waals surface area contributed by atoms with Crippen LogP contribution >= 0.6 is 0 Å². The molecule has 1 fully saturated rings. The molecule has 0 spiro atoms. The second-order valence-corrected chi connectivity index (χ2v) is 9.45. The van der Waals surface area contributed by atoms with Crippen LogP contribution in [0, 0.1) is 18.8 Å². The summed E-state index contributed by atoms with van der Waals surface area (Å²) in [6.07, 6.45) is 1.09. The maximum Gasteiger partial charge on any atom is 0.240 e. The van der Waals surface area contributed by atoms with Crippen molar-refractivity contribution >= 4 is 15.7 Å². The van der Waals surface area contributed by atoms with E-state index in [9.17, 15) is 13.2 Å². The summed E-state index contributed by atoms with van der Waals surface area (Å²) in [5.74, 6) is 0.514. The van der Waals surface area contributed by atoms with Crippen LogP contribution < -0.4 is 0 Å². The van der Waals surface area contributed by atoms with Gasteiger partial charge in [0.2, 0.25) is 5.91 Å². The molecule has 4 nitrogen and oxygen atoms in total. The fourth-order valence-corrected chi connectivity index (χ4v) is 4.76. The SMILES string of the molecule is Cc1cccc(CS(=O)(=O)[C@H](C)C(=O)N2C[C@H](C)C[C@H](C)C2)c1. The molecular weight excluding hydrogens is 310 g/mol. The average Bonchev–Trinajstić information content (AvgIpc) is 2.44. The number of hydrogen-bond acceptors (Lipinski definition) is 3. The molecule has 1 aromatic rings. The van der Waals surface area contributed by atoms with E-state index in [-0.39, 0.29) is 11.7 Å². The predicted molar refractivity (Wildman–Crippen MR) is 92.8 cm³/mol. The maximum atomic E-state index is 12.6. The van der Waals surface area contributed by atoms with E-state index in [2.05, 4.69) is 13.8 Å². The van der Waals surface area contributed by atoms with E-state index in [1.54, 1.807) is 11.0 Å². The lowest BCUT2D eigenvalue weighted by atomic mass is 9.92. The van der Waals surface area contributed by atoms with Gasteiger partial charge >= 0.3 is 0 Å². The third-order valence-corrected chi connectivity index (χ3v) is 6.53. The number of carbonyl (C=O) groups excluding carboxylic acids is 1. The second kappa shape index (κ2) is 7.04. The van der Waals surface area contributed by atoms with Gasteiger partial charge < -0.3 is 4.90 Å². The van der Waals surface area contributed by atoms with Crippen molar-refractivity contribution in [3.05, 3.63) is 35.4 Å². The lowest BCUT2D eigenvalue weighted by Crippen LogP contribution is -2.48. The first-order chi connectivity index (χ1) is 10.7. The van der Waals surface area contributed by atoms with Gasteiger partial charge in [0, 0.05) is 13.1 Å². The van der Waals surface area contributed by atoms with Crippen LogP contribution in [-0.2, 0) is 20.4 Å². The molecule has 2 rings (SSSR count). The van der Waals surface area contributed by atoms with Gasteiger partial charge in [-0.3, -0.25) is 4.79 Å². The molecule has 0 aromatic heterocycles. The molecule has 1 saturated heterocycles. The lowest BCUT2D eigenvalue weighted by molar-refractivity contribution is -0.133. The number of hydrogen-bond donors (Lipinski definition) is 0. The van der Waals surface area contributed by atoms with Crippen LogP contribution in [0.1, 0.15) is 38.3 Å². The number of aryl methyl sites for hydroxylation is 1. The zero-order valence-corrected chi connectivity index (χ0v) is 15.3. The first-order valence-electron chi connectivity index (χ1n) is 8.25. The Labute approximate surface area is 139 Å². The van der Waals surface area contributed by atoms with E-state index in [1.807, 2.05) is 25.1 Å². The molecule has 1 heterocycles. The minimum absolute atomic E-state index is 0.0828. The number of likely N-dealkylation sites (tertiary alicyclic amines) is 1. The molecule has 0 unspecified atom stereocenters. The van der Waals surface area contributed by atoms with Gasteiger partial charge in [0.25, 0.3) is 0 Å².